The summed E-state index contributed by atoms with van der Waals surface area (Å²) in [6.45, 7) is 7.62. The molecule has 0 aliphatic carbocycles. The standard InChI is InChI=1S/C13H21NO2/c1-12(2,15)13(3,4)16-11-8-6-5-7-10(11)9-14/h5-8,15H,9,14H2,1-4H3. The summed E-state index contributed by atoms with van der Waals surface area (Å²) in [4.78, 5) is 0. The first-order valence-corrected chi connectivity index (χ1v) is 5.47. The maximum absolute atomic E-state index is 10.0. The average molecular weight is 223 g/mol. The fraction of sp³-hybridized carbons (Fsp3) is 0.538. The van der Waals surface area contributed by atoms with Gasteiger partial charge in [0.1, 0.15) is 11.4 Å². The Balaban J connectivity index is 2.96. The van der Waals surface area contributed by atoms with E-state index in [9.17, 15) is 5.11 Å². The first-order chi connectivity index (χ1) is 7.28. The zero-order valence-electron chi connectivity index (χ0n) is 10.4. The van der Waals surface area contributed by atoms with Crippen LogP contribution in [-0.4, -0.2) is 16.3 Å². The summed E-state index contributed by atoms with van der Waals surface area (Å²) in [6.07, 6.45) is 0. The number of nitrogens with two attached hydrogens (primary N) is 1. The van der Waals surface area contributed by atoms with Crippen LogP contribution in [0.15, 0.2) is 24.3 Å². The molecule has 0 heterocycles. The Bertz CT molecular complexity index is 353. The van der Waals surface area contributed by atoms with Gasteiger partial charge in [0.2, 0.25) is 0 Å². The Hall–Kier alpha value is -1.06. The Morgan fingerprint density at radius 3 is 2.25 bits per heavy atom. The molecular formula is C13H21NO2. The SMILES string of the molecule is CC(C)(O)C(C)(C)Oc1ccccc1CN. The van der Waals surface area contributed by atoms with Crippen LogP contribution >= 0.6 is 0 Å². The lowest BCUT2D eigenvalue weighted by Crippen LogP contribution is -2.49. The Morgan fingerprint density at radius 2 is 1.75 bits per heavy atom. The summed E-state index contributed by atoms with van der Waals surface area (Å²) in [6, 6.07) is 7.62. The van der Waals surface area contributed by atoms with Gasteiger partial charge in [0.25, 0.3) is 0 Å². The van der Waals surface area contributed by atoms with E-state index in [0.29, 0.717) is 6.54 Å². The van der Waals surface area contributed by atoms with E-state index in [2.05, 4.69) is 0 Å². The highest BCUT2D eigenvalue weighted by molar-refractivity contribution is 5.33. The van der Waals surface area contributed by atoms with E-state index >= 15 is 0 Å². The molecule has 0 saturated heterocycles. The average Bonchev–Trinajstić information content (AvgIpc) is 2.16. The van der Waals surface area contributed by atoms with E-state index < -0.39 is 11.2 Å². The van der Waals surface area contributed by atoms with Crippen molar-refractivity contribution >= 4 is 0 Å². The van der Waals surface area contributed by atoms with Gasteiger partial charge in [-0.3, -0.25) is 0 Å². The van der Waals surface area contributed by atoms with Crippen LogP contribution in [0.5, 0.6) is 5.75 Å². The molecule has 3 N–H and O–H groups in total. The number of para-hydroxylation sites is 1. The lowest BCUT2D eigenvalue weighted by Gasteiger charge is -2.38. The molecule has 0 aliphatic rings. The van der Waals surface area contributed by atoms with Crippen LogP contribution in [0.1, 0.15) is 33.3 Å². The third-order valence-corrected chi connectivity index (χ3v) is 3.03. The minimum Gasteiger partial charge on any atom is -0.485 e. The molecule has 0 atom stereocenters. The highest BCUT2D eigenvalue weighted by Crippen LogP contribution is 2.29. The largest absolute Gasteiger partial charge is 0.485 e. The Labute approximate surface area is 97.2 Å². The maximum Gasteiger partial charge on any atom is 0.131 e. The third-order valence-electron chi connectivity index (χ3n) is 3.03. The minimum absolute atomic E-state index is 0.429. The first-order valence-electron chi connectivity index (χ1n) is 5.47. The third kappa shape index (κ3) is 2.74. The van der Waals surface area contributed by atoms with Gasteiger partial charge in [-0.05, 0) is 33.8 Å². The second-order valence-electron chi connectivity index (χ2n) is 4.98. The molecule has 3 heteroatoms. The topological polar surface area (TPSA) is 55.5 Å². The van der Waals surface area contributed by atoms with Crippen LogP contribution in [0.2, 0.25) is 0 Å². The van der Waals surface area contributed by atoms with Crippen molar-refractivity contribution in [3.63, 3.8) is 0 Å². The molecule has 90 valence electrons. The summed E-state index contributed by atoms with van der Waals surface area (Å²) in [5.41, 5.74) is 4.99. The highest BCUT2D eigenvalue weighted by atomic mass is 16.5. The van der Waals surface area contributed by atoms with Gasteiger partial charge in [0, 0.05) is 12.1 Å². The number of hydrogen-bond acceptors (Lipinski definition) is 3. The van der Waals surface area contributed by atoms with Crippen molar-refractivity contribution < 1.29 is 9.84 Å². The van der Waals surface area contributed by atoms with Crippen LogP contribution in [0, 0.1) is 0 Å². The van der Waals surface area contributed by atoms with Crippen LogP contribution in [0.4, 0.5) is 0 Å². The smallest absolute Gasteiger partial charge is 0.131 e. The Morgan fingerprint density at radius 1 is 1.19 bits per heavy atom. The van der Waals surface area contributed by atoms with E-state index in [1.165, 1.54) is 0 Å². The molecule has 1 rings (SSSR count). The van der Waals surface area contributed by atoms with Crippen LogP contribution in [-0.2, 0) is 6.54 Å². The van der Waals surface area contributed by atoms with Crippen molar-refractivity contribution in [2.45, 2.75) is 45.4 Å². The molecule has 3 nitrogen and oxygen atoms in total. The van der Waals surface area contributed by atoms with Crippen molar-refractivity contribution in [2.75, 3.05) is 0 Å². The molecular weight excluding hydrogens is 202 g/mol. The zero-order chi connectivity index (χ0) is 12.4. The monoisotopic (exact) mass is 223 g/mol. The molecule has 0 aliphatic heterocycles. The van der Waals surface area contributed by atoms with Crippen molar-refractivity contribution in [3.8, 4) is 5.75 Å². The lowest BCUT2D eigenvalue weighted by molar-refractivity contribution is -0.0910. The second kappa shape index (κ2) is 4.44. The number of hydrogen-bond donors (Lipinski definition) is 2. The van der Waals surface area contributed by atoms with Crippen molar-refractivity contribution in [1.29, 1.82) is 0 Å². The normalized spacial score (nSPS) is 12.6. The molecule has 16 heavy (non-hydrogen) atoms. The predicted molar refractivity (Wildman–Crippen MR) is 65.3 cm³/mol. The summed E-state index contributed by atoms with van der Waals surface area (Å²) in [5.74, 6) is 0.733. The van der Waals surface area contributed by atoms with E-state index in [1.54, 1.807) is 13.8 Å². The van der Waals surface area contributed by atoms with Crippen LogP contribution < -0.4 is 10.5 Å². The fourth-order valence-corrected chi connectivity index (χ4v) is 1.17. The molecule has 0 aromatic heterocycles. The molecule has 0 bridgehead atoms. The van der Waals surface area contributed by atoms with Gasteiger partial charge >= 0.3 is 0 Å². The summed E-state index contributed by atoms with van der Waals surface area (Å²) in [7, 11) is 0. The number of benzene rings is 1. The fourth-order valence-electron chi connectivity index (χ4n) is 1.17. The number of ether oxygens (including phenoxy) is 1. The Kier molecular flexibility index (Phi) is 3.61. The maximum atomic E-state index is 10.0. The lowest BCUT2D eigenvalue weighted by atomic mass is 9.89. The first kappa shape index (κ1) is 13.0. The molecule has 0 radical (unpaired) electrons. The van der Waals surface area contributed by atoms with E-state index in [-0.39, 0.29) is 0 Å². The van der Waals surface area contributed by atoms with Gasteiger partial charge in [0.15, 0.2) is 0 Å². The van der Waals surface area contributed by atoms with E-state index in [1.807, 2.05) is 38.1 Å². The highest BCUT2D eigenvalue weighted by Gasteiger charge is 2.37. The molecule has 0 saturated carbocycles. The summed E-state index contributed by atoms with van der Waals surface area (Å²) in [5, 5.41) is 10.0. The van der Waals surface area contributed by atoms with Gasteiger partial charge < -0.3 is 15.6 Å². The number of aliphatic hydroxyl groups is 1. The van der Waals surface area contributed by atoms with Gasteiger partial charge in [-0.15, -0.1) is 0 Å². The molecule has 0 fully saturated rings. The van der Waals surface area contributed by atoms with Gasteiger partial charge in [-0.25, -0.2) is 0 Å². The molecule has 0 unspecified atom stereocenters. The van der Waals surface area contributed by atoms with E-state index in [4.69, 9.17) is 10.5 Å². The number of rotatable bonds is 4. The van der Waals surface area contributed by atoms with Gasteiger partial charge in [0.05, 0.1) is 5.60 Å². The summed E-state index contributed by atoms with van der Waals surface area (Å²) >= 11 is 0. The van der Waals surface area contributed by atoms with Gasteiger partial charge in [-0.1, -0.05) is 18.2 Å². The molecule has 0 amide bonds. The van der Waals surface area contributed by atoms with Crippen molar-refractivity contribution in [1.82, 2.24) is 0 Å². The van der Waals surface area contributed by atoms with Crippen molar-refractivity contribution in [3.05, 3.63) is 29.8 Å². The minimum atomic E-state index is -0.922. The second-order valence-corrected chi connectivity index (χ2v) is 4.98. The van der Waals surface area contributed by atoms with Gasteiger partial charge in [-0.2, -0.15) is 0 Å². The summed E-state index contributed by atoms with van der Waals surface area (Å²) < 4.78 is 5.86. The predicted octanol–water partition coefficient (Wildman–Crippen LogP) is 2.07. The quantitative estimate of drug-likeness (QED) is 0.821. The molecule has 0 spiro atoms. The van der Waals surface area contributed by atoms with E-state index in [0.717, 1.165) is 11.3 Å². The molecule has 1 aromatic carbocycles. The van der Waals surface area contributed by atoms with Crippen molar-refractivity contribution in [2.24, 2.45) is 5.73 Å². The van der Waals surface area contributed by atoms with Crippen LogP contribution in [0.25, 0.3) is 0 Å². The molecule has 1 aromatic rings. The zero-order valence-corrected chi connectivity index (χ0v) is 10.4. The van der Waals surface area contributed by atoms with Crippen LogP contribution in [0.3, 0.4) is 0 Å².